The van der Waals surface area contributed by atoms with E-state index in [1.165, 1.54) is 19.1 Å². The van der Waals surface area contributed by atoms with Crippen LogP contribution >= 0.6 is 0 Å². The van der Waals surface area contributed by atoms with Crippen LogP contribution < -0.4 is 4.74 Å². The van der Waals surface area contributed by atoms with E-state index >= 15 is 0 Å². The number of nitro groups is 1. The molecular formula is C10H11NO5. The first-order valence-electron chi connectivity index (χ1n) is 4.56. The molecule has 0 bridgehead atoms. The minimum absolute atomic E-state index is 0.0366. The SMILES string of the molecule is Cc1ccc(OC(C)C(=O)O)c([N+](=O)[O-])c1. The topological polar surface area (TPSA) is 89.7 Å². The van der Waals surface area contributed by atoms with Gasteiger partial charge in [-0.1, -0.05) is 6.07 Å². The number of carboxylic acids is 1. The van der Waals surface area contributed by atoms with Gasteiger partial charge in [0.15, 0.2) is 11.9 Å². The second-order valence-corrected chi connectivity index (χ2v) is 3.33. The maximum Gasteiger partial charge on any atom is 0.344 e. The van der Waals surface area contributed by atoms with E-state index in [4.69, 9.17) is 9.84 Å². The monoisotopic (exact) mass is 225 g/mol. The zero-order valence-corrected chi connectivity index (χ0v) is 8.84. The van der Waals surface area contributed by atoms with Crippen LogP contribution in [0.4, 0.5) is 5.69 Å². The van der Waals surface area contributed by atoms with Gasteiger partial charge in [-0.3, -0.25) is 10.1 Å². The number of hydrogen-bond donors (Lipinski definition) is 1. The lowest BCUT2D eigenvalue weighted by atomic mass is 10.2. The molecule has 6 heteroatoms. The molecule has 0 radical (unpaired) electrons. The Morgan fingerprint density at radius 3 is 2.69 bits per heavy atom. The first-order chi connectivity index (χ1) is 7.41. The van der Waals surface area contributed by atoms with Gasteiger partial charge in [0.05, 0.1) is 4.92 Å². The summed E-state index contributed by atoms with van der Waals surface area (Å²) >= 11 is 0. The van der Waals surface area contributed by atoms with Crippen molar-refractivity contribution in [3.63, 3.8) is 0 Å². The van der Waals surface area contributed by atoms with Gasteiger partial charge in [-0.25, -0.2) is 4.79 Å². The summed E-state index contributed by atoms with van der Waals surface area (Å²) in [7, 11) is 0. The van der Waals surface area contributed by atoms with E-state index in [1.807, 2.05) is 0 Å². The Balaban J connectivity index is 3.04. The molecule has 6 nitrogen and oxygen atoms in total. The van der Waals surface area contributed by atoms with Crippen molar-refractivity contribution in [2.24, 2.45) is 0 Å². The van der Waals surface area contributed by atoms with E-state index in [9.17, 15) is 14.9 Å². The molecule has 0 saturated carbocycles. The minimum atomic E-state index is -1.17. The van der Waals surface area contributed by atoms with Crippen molar-refractivity contribution in [3.05, 3.63) is 33.9 Å². The van der Waals surface area contributed by atoms with E-state index in [1.54, 1.807) is 13.0 Å². The molecule has 0 saturated heterocycles. The van der Waals surface area contributed by atoms with Crippen molar-refractivity contribution >= 4 is 11.7 Å². The van der Waals surface area contributed by atoms with Crippen molar-refractivity contribution in [2.45, 2.75) is 20.0 Å². The van der Waals surface area contributed by atoms with Gasteiger partial charge in [0.1, 0.15) is 0 Å². The highest BCUT2D eigenvalue weighted by molar-refractivity contribution is 5.72. The predicted molar refractivity (Wildman–Crippen MR) is 55.6 cm³/mol. The van der Waals surface area contributed by atoms with Crippen LogP contribution in [0.3, 0.4) is 0 Å². The summed E-state index contributed by atoms with van der Waals surface area (Å²) in [6.45, 7) is 3.02. The van der Waals surface area contributed by atoms with E-state index in [0.717, 1.165) is 0 Å². The third kappa shape index (κ3) is 2.69. The second-order valence-electron chi connectivity index (χ2n) is 3.33. The molecule has 0 aliphatic rings. The van der Waals surface area contributed by atoms with Crippen LogP contribution in [0.2, 0.25) is 0 Å². The van der Waals surface area contributed by atoms with E-state index < -0.39 is 17.0 Å². The van der Waals surface area contributed by atoms with Gasteiger partial charge in [-0.05, 0) is 25.5 Å². The Morgan fingerprint density at radius 1 is 1.56 bits per heavy atom. The molecule has 16 heavy (non-hydrogen) atoms. The van der Waals surface area contributed by atoms with E-state index in [2.05, 4.69) is 0 Å². The number of carbonyl (C=O) groups is 1. The number of ether oxygens (including phenoxy) is 1. The van der Waals surface area contributed by atoms with Crippen molar-refractivity contribution in [2.75, 3.05) is 0 Å². The lowest BCUT2D eigenvalue weighted by Gasteiger charge is -2.10. The lowest BCUT2D eigenvalue weighted by molar-refractivity contribution is -0.386. The predicted octanol–water partition coefficient (Wildman–Crippen LogP) is 1.76. The Morgan fingerprint density at radius 2 is 2.19 bits per heavy atom. The summed E-state index contributed by atoms with van der Waals surface area (Å²) in [4.78, 5) is 20.7. The summed E-state index contributed by atoms with van der Waals surface area (Å²) in [5.74, 6) is -1.21. The molecule has 86 valence electrons. The summed E-state index contributed by atoms with van der Waals surface area (Å²) in [6, 6.07) is 4.35. The molecule has 0 amide bonds. The molecule has 1 aromatic carbocycles. The third-order valence-corrected chi connectivity index (χ3v) is 1.96. The summed E-state index contributed by atoms with van der Waals surface area (Å²) in [5, 5.41) is 19.3. The van der Waals surface area contributed by atoms with Gasteiger partial charge >= 0.3 is 11.7 Å². The molecule has 0 aliphatic heterocycles. The fraction of sp³-hybridized carbons (Fsp3) is 0.300. The smallest absolute Gasteiger partial charge is 0.344 e. The molecule has 1 aromatic rings. The number of carboxylic acid groups (broad SMARTS) is 1. The van der Waals surface area contributed by atoms with E-state index in [0.29, 0.717) is 5.56 Å². The maximum absolute atomic E-state index is 10.7. The number of aliphatic carboxylic acids is 1. The van der Waals surface area contributed by atoms with Crippen molar-refractivity contribution in [1.29, 1.82) is 0 Å². The molecule has 1 rings (SSSR count). The average molecular weight is 225 g/mol. The minimum Gasteiger partial charge on any atom is -0.479 e. The van der Waals surface area contributed by atoms with Crippen LogP contribution in [0.25, 0.3) is 0 Å². The van der Waals surface area contributed by atoms with Gasteiger partial charge in [0.2, 0.25) is 0 Å². The van der Waals surface area contributed by atoms with Crippen LogP contribution in [-0.4, -0.2) is 22.1 Å². The molecule has 0 spiro atoms. The second kappa shape index (κ2) is 4.61. The first kappa shape index (κ1) is 12.0. The molecule has 0 heterocycles. The number of aryl methyl sites for hydroxylation is 1. The lowest BCUT2D eigenvalue weighted by Crippen LogP contribution is -2.23. The molecule has 0 aliphatic carbocycles. The largest absolute Gasteiger partial charge is 0.479 e. The van der Waals surface area contributed by atoms with Crippen molar-refractivity contribution < 1.29 is 19.6 Å². The van der Waals surface area contributed by atoms with Crippen LogP contribution in [0, 0.1) is 17.0 Å². The quantitative estimate of drug-likeness (QED) is 0.622. The molecule has 0 aromatic heterocycles. The number of nitrogens with zero attached hydrogens (tertiary/aromatic N) is 1. The summed E-state index contributed by atoms with van der Waals surface area (Å²) < 4.78 is 4.98. The number of hydrogen-bond acceptors (Lipinski definition) is 4. The van der Waals surface area contributed by atoms with Crippen molar-refractivity contribution in [3.8, 4) is 5.75 Å². The zero-order valence-electron chi connectivity index (χ0n) is 8.84. The molecule has 1 N–H and O–H groups in total. The van der Waals surface area contributed by atoms with Gasteiger partial charge < -0.3 is 9.84 Å². The summed E-state index contributed by atoms with van der Waals surface area (Å²) in [6.07, 6.45) is -1.12. The van der Waals surface area contributed by atoms with Gasteiger partial charge in [-0.15, -0.1) is 0 Å². The van der Waals surface area contributed by atoms with Crippen LogP contribution in [0.1, 0.15) is 12.5 Å². The Kier molecular flexibility index (Phi) is 3.44. The number of nitro benzene ring substituents is 1. The van der Waals surface area contributed by atoms with Gasteiger partial charge in [-0.2, -0.15) is 0 Å². The standard InChI is InChI=1S/C10H11NO5/c1-6-3-4-9(8(5-6)11(14)15)16-7(2)10(12)13/h3-5,7H,1-2H3,(H,12,13). The van der Waals surface area contributed by atoms with Gasteiger partial charge in [0, 0.05) is 6.07 Å². The van der Waals surface area contributed by atoms with Crippen LogP contribution in [0.15, 0.2) is 18.2 Å². The van der Waals surface area contributed by atoms with Crippen LogP contribution in [0.5, 0.6) is 5.75 Å². The van der Waals surface area contributed by atoms with E-state index in [-0.39, 0.29) is 11.4 Å². The van der Waals surface area contributed by atoms with Crippen LogP contribution in [-0.2, 0) is 4.79 Å². The molecular weight excluding hydrogens is 214 g/mol. The maximum atomic E-state index is 10.7. The fourth-order valence-electron chi connectivity index (χ4n) is 1.11. The zero-order chi connectivity index (χ0) is 12.3. The highest BCUT2D eigenvalue weighted by Gasteiger charge is 2.20. The highest BCUT2D eigenvalue weighted by Crippen LogP contribution is 2.28. The first-order valence-corrected chi connectivity index (χ1v) is 4.56. The third-order valence-electron chi connectivity index (χ3n) is 1.96. The molecule has 0 fully saturated rings. The average Bonchev–Trinajstić information content (AvgIpc) is 2.20. The number of benzene rings is 1. The molecule has 1 atom stereocenters. The van der Waals surface area contributed by atoms with Crippen molar-refractivity contribution in [1.82, 2.24) is 0 Å². The fourth-order valence-corrected chi connectivity index (χ4v) is 1.11. The Bertz CT molecular complexity index is 429. The summed E-state index contributed by atoms with van der Waals surface area (Å²) in [5.41, 5.74) is 0.482. The Hall–Kier alpha value is -2.11. The number of rotatable bonds is 4. The normalized spacial score (nSPS) is 11.9. The molecule has 1 unspecified atom stereocenters. The van der Waals surface area contributed by atoms with Gasteiger partial charge in [0.25, 0.3) is 0 Å². The Labute approximate surface area is 91.6 Å². The highest BCUT2D eigenvalue weighted by atomic mass is 16.6.